The van der Waals surface area contributed by atoms with Gasteiger partial charge in [-0.2, -0.15) is 0 Å². The van der Waals surface area contributed by atoms with E-state index in [1.807, 2.05) is 24.3 Å². The van der Waals surface area contributed by atoms with E-state index in [4.69, 9.17) is 0 Å². The third kappa shape index (κ3) is 4.31. The smallest absolute Gasteiger partial charge is 0.243 e. The zero-order chi connectivity index (χ0) is 14.5. The summed E-state index contributed by atoms with van der Waals surface area (Å²) < 4.78 is 15.1. The molecule has 0 saturated heterocycles. The molecule has 2 aromatic rings. The Hall–Kier alpha value is -1.40. The lowest BCUT2D eigenvalue weighted by Gasteiger charge is -2.09. The minimum Gasteiger partial charge on any atom is -0.376 e. The van der Waals surface area contributed by atoms with Crippen LogP contribution in [0.5, 0.6) is 0 Å². The quantitative estimate of drug-likeness (QED) is 0.797. The number of rotatable bonds is 4. The van der Waals surface area contributed by atoms with Crippen LogP contribution in [-0.4, -0.2) is 12.5 Å². The number of hydrogen-bond donors (Lipinski definition) is 2. The SMILES string of the molecule is O=C(CNc1cccc(Br)c1)Nc1ccc(Br)cc1F. The number of benzene rings is 2. The van der Waals surface area contributed by atoms with Crippen molar-refractivity contribution in [3.63, 3.8) is 0 Å². The summed E-state index contributed by atoms with van der Waals surface area (Å²) in [6.45, 7) is 0.0615. The average molecular weight is 402 g/mol. The van der Waals surface area contributed by atoms with Crippen LogP contribution in [-0.2, 0) is 4.79 Å². The number of halogens is 3. The Labute approximate surface area is 132 Å². The molecular weight excluding hydrogens is 391 g/mol. The molecule has 0 atom stereocenters. The summed E-state index contributed by atoms with van der Waals surface area (Å²) in [7, 11) is 0. The van der Waals surface area contributed by atoms with E-state index in [0.29, 0.717) is 4.47 Å². The first kappa shape index (κ1) is 15.0. The summed E-state index contributed by atoms with van der Waals surface area (Å²) in [5, 5.41) is 5.48. The Morgan fingerprint density at radius 1 is 1.10 bits per heavy atom. The van der Waals surface area contributed by atoms with Crippen LogP contribution in [0.2, 0.25) is 0 Å². The normalized spacial score (nSPS) is 10.2. The lowest BCUT2D eigenvalue weighted by Crippen LogP contribution is -2.22. The van der Waals surface area contributed by atoms with Gasteiger partial charge in [-0.25, -0.2) is 4.39 Å². The highest BCUT2D eigenvalue weighted by atomic mass is 79.9. The predicted molar refractivity (Wildman–Crippen MR) is 85.4 cm³/mol. The molecule has 0 aliphatic rings. The van der Waals surface area contributed by atoms with Crippen molar-refractivity contribution in [1.82, 2.24) is 0 Å². The second-order valence-electron chi connectivity index (χ2n) is 4.04. The number of amides is 1. The first-order valence-corrected chi connectivity index (χ1v) is 7.37. The van der Waals surface area contributed by atoms with Crippen LogP contribution in [0.4, 0.5) is 15.8 Å². The summed E-state index contributed by atoms with van der Waals surface area (Å²) in [5.41, 5.74) is 0.972. The van der Waals surface area contributed by atoms with Gasteiger partial charge in [-0.15, -0.1) is 0 Å². The third-order valence-corrected chi connectivity index (χ3v) is 3.47. The largest absolute Gasteiger partial charge is 0.376 e. The molecule has 2 aromatic carbocycles. The van der Waals surface area contributed by atoms with Gasteiger partial charge in [-0.3, -0.25) is 4.79 Å². The van der Waals surface area contributed by atoms with Crippen molar-refractivity contribution in [2.24, 2.45) is 0 Å². The van der Waals surface area contributed by atoms with Gasteiger partial charge in [0.25, 0.3) is 0 Å². The van der Waals surface area contributed by atoms with Crippen LogP contribution < -0.4 is 10.6 Å². The van der Waals surface area contributed by atoms with Gasteiger partial charge in [0.1, 0.15) is 5.82 Å². The number of carbonyl (C=O) groups excluding carboxylic acids is 1. The predicted octanol–water partition coefficient (Wildman–Crippen LogP) is 4.40. The maximum Gasteiger partial charge on any atom is 0.243 e. The highest BCUT2D eigenvalue weighted by Crippen LogP contribution is 2.19. The standard InChI is InChI=1S/C14H11Br2FN2O/c15-9-2-1-3-11(6-9)18-8-14(20)19-13-5-4-10(16)7-12(13)17/h1-7,18H,8H2,(H,19,20). The van der Waals surface area contributed by atoms with E-state index in [1.54, 1.807) is 6.07 Å². The highest BCUT2D eigenvalue weighted by Gasteiger charge is 2.07. The summed E-state index contributed by atoms with van der Waals surface area (Å²) >= 11 is 6.51. The summed E-state index contributed by atoms with van der Waals surface area (Å²) in [6.07, 6.45) is 0. The number of anilines is 2. The lowest BCUT2D eigenvalue weighted by atomic mass is 10.3. The van der Waals surface area contributed by atoms with Gasteiger partial charge in [0.2, 0.25) is 5.91 Å². The van der Waals surface area contributed by atoms with Crippen LogP contribution in [0.15, 0.2) is 51.4 Å². The molecule has 0 heterocycles. The summed E-state index contributed by atoms with van der Waals surface area (Å²) in [4.78, 5) is 11.7. The first-order valence-electron chi connectivity index (χ1n) is 5.79. The third-order valence-electron chi connectivity index (χ3n) is 2.48. The molecule has 0 spiro atoms. The summed E-state index contributed by atoms with van der Waals surface area (Å²) in [5.74, 6) is -0.790. The van der Waals surface area contributed by atoms with Crippen LogP contribution in [0.1, 0.15) is 0 Å². The molecule has 0 aliphatic carbocycles. The van der Waals surface area contributed by atoms with Gasteiger partial charge in [0, 0.05) is 14.6 Å². The molecule has 3 nitrogen and oxygen atoms in total. The van der Waals surface area contributed by atoms with Crippen molar-refractivity contribution in [2.45, 2.75) is 0 Å². The zero-order valence-electron chi connectivity index (χ0n) is 10.3. The van der Waals surface area contributed by atoms with E-state index in [9.17, 15) is 9.18 Å². The molecule has 20 heavy (non-hydrogen) atoms. The molecule has 0 unspecified atom stereocenters. The van der Waals surface area contributed by atoms with Gasteiger partial charge in [0.05, 0.1) is 12.2 Å². The average Bonchev–Trinajstić information content (AvgIpc) is 2.40. The van der Waals surface area contributed by atoms with Crippen molar-refractivity contribution in [3.05, 3.63) is 57.2 Å². The van der Waals surface area contributed by atoms with E-state index in [1.165, 1.54) is 12.1 Å². The fraction of sp³-hybridized carbons (Fsp3) is 0.0714. The Morgan fingerprint density at radius 3 is 2.55 bits per heavy atom. The highest BCUT2D eigenvalue weighted by molar-refractivity contribution is 9.10. The van der Waals surface area contributed by atoms with E-state index in [0.717, 1.165) is 10.2 Å². The molecule has 0 aliphatic heterocycles. The maximum atomic E-state index is 13.6. The van der Waals surface area contributed by atoms with E-state index in [-0.39, 0.29) is 18.1 Å². The molecule has 2 rings (SSSR count). The molecule has 0 bridgehead atoms. The van der Waals surface area contributed by atoms with Crippen LogP contribution >= 0.6 is 31.9 Å². The zero-order valence-corrected chi connectivity index (χ0v) is 13.5. The number of hydrogen-bond acceptors (Lipinski definition) is 2. The number of nitrogens with one attached hydrogen (secondary N) is 2. The molecular formula is C14H11Br2FN2O. The fourth-order valence-corrected chi connectivity index (χ4v) is 2.30. The van der Waals surface area contributed by atoms with Crippen molar-refractivity contribution >= 4 is 49.1 Å². The summed E-state index contributed by atoms with van der Waals surface area (Å²) in [6, 6.07) is 11.9. The van der Waals surface area contributed by atoms with Crippen molar-refractivity contribution in [3.8, 4) is 0 Å². The van der Waals surface area contributed by atoms with Gasteiger partial charge in [-0.1, -0.05) is 37.9 Å². The fourth-order valence-electron chi connectivity index (χ4n) is 1.57. The topological polar surface area (TPSA) is 41.1 Å². The molecule has 104 valence electrons. The Morgan fingerprint density at radius 2 is 1.85 bits per heavy atom. The van der Waals surface area contributed by atoms with E-state index >= 15 is 0 Å². The molecule has 0 saturated carbocycles. The van der Waals surface area contributed by atoms with Crippen LogP contribution in [0.25, 0.3) is 0 Å². The van der Waals surface area contributed by atoms with Crippen molar-refractivity contribution < 1.29 is 9.18 Å². The minimum atomic E-state index is -0.477. The second kappa shape index (κ2) is 6.85. The number of carbonyl (C=O) groups is 1. The van der Waals surface area contributed by atoms with Crippen LogP contribution in [0.3, 0.4) is 0 Å². The van der Waals surface area contributed by atoms with Gasteiger partial charge < -0.3 is 10.6 Å². The van der Waals surface area contributed by atoms with Crippen molar-refractivity contribution in [1.29, 1.82) is 0 Å². The monoisotopic (exact) mass is 400 g/mol. The molecule has 1 amide bonds. The second-order valence-corrected chi connectivity index (χ2v) is 5.87. The maximum absolute atomic E-state index is 13.6. The van der Waals surface area contributed by atoms with Gasteiger partial charge >= 0.3 is 0 Å². The Balaban J connectivity index is 1.92. The van der Waals surface area contributed by atoms with E-state index in [2.05, 4.69) is 42.5 Å². The van der Waals surface area contributed by atoms with Crippen LogP contribution in [0, 0.1) is 5.82 Å². The first-order chi connectivity index (χ1) is 9.54. The molecule has 0 aromatic heterocycles. The minimum absolute atomic E-state index is 0.0615. The Kier molecular flexibility index (Phi) is 5.14. The van der Waals surface area contributed by atoms with E-state index < -0.39 is 5.82 Å². The molecule has 0 radical (unpaired) electrons. The molecule has 2 N–H and O–H groups in total. The molecule has 0 fully saturated rings. The lowest BCUT2D eigenvalue weighted by molar-refractivity contribution is -0.114. The van der Waals surface area contributed by atoms with Gasteiger partial charge in [-0.05, 0) is 36.4 Å². The van der Waals surface area contributed by atoms with Gasteiger partial charge in [0.15, 0.2) is 0 Å². The van der Waals surface area contributed by atoms with Crippen molar-refractivity contribution in [2.75, 3.05) is 17.2 Å². The Bertz CT molecular complexity index is 634. The molecule has 6 heteroatoms.